The third kappa shape index (κ3) is 5.17. The van der Waals surface area contributed by atoms with E-state index in [0.717, 1.165) is 20.8 Å². The molecular formula is C28H35N3O2S. The largest absolute Gasteiger partial charge is 0.353 e. The van der Waals surface area contributed by atoms with Gasteiger partial charge in [-0.05, 0) is 50.3 Å². The minimum Gasteiger partial charge on any atom is -0.353 e. The van der Waals surface area contributed by atoms with Gasteiger partial charge in [0.15, 0.2) is 0 Å². The van der Waals surface area contributed by atoms with Gasteiger partial charge in [-0.3, -0.25) is 9.59 Å². The molecule has 4 rings (SSSR count). The number of aromatic nitrogens is 1. The monoisotopic (exact) mass is 477 g/mol. The average molecular weight is 478 g/mol. The van der Waals surface area contributed by atoms with E-state index in [0.29, 0.717) is 38.3 Å². The van der Waals surface area contributed by atoms with E-state index < -0.39 is 5.41 Å². The van der Waals surface area contributed by atoms with Crippen molar-refractivity contribution in [2.24, 2.45) is 11.8 Å². The number of thiazole rings is 1. The molecule has 34 heavy (non-hydrogen) atoms. The molecule has 1 N–H and O–H groups in total. The molecule has 1 saturated heterocycles. The van der Waals surface area contributed by atoms with Gasteiger partial charge in [-0.1, -0.05) is 56.3 Å². The van der Waals surface area contributed by atoms with Gasteiger partial charge in [-0.15, -0.1) is 11.3 Å². The maximum absolute atomic E-state index is 14.0. The predicted octanol–water partition coefficient (Wildman–Crippen LogP) is 5.20. The molecule has 2 atom stereocenters. The van der Waals surface area contributed by atoms with E-state index in [1.54, 1.807) is 11.3 Å². The number of benzene rings is 2. The number of hydrogen-bond donors (Lipinski definition) is 1. The van der Waals surface area contributed by atoms with E-state index in [1.807, 2.05) is 60.4 Å². The highest BCUT2D eigenvalue weighted by Crippen LogP contribution is 2.35. The van der Waals surface area contributed by atoms with E-state index in [-0.39, 0.29) is 23.8 Å². The fourth-order valence-corrected chi connectivity index (χ4v) is 5.73. The van der Waals surface area contributed by atoms with Crippen molar-refractivity contribution in [2.75, 3.05) is 13.1 Å². The first-order chi connectivity index (χ1) is 16.3. The predicted molar refractivity (Wildman–Crippen MR) is 139 cm³/mol. The van der Waals surface area contributed by atoms with E-state index in [1.165, 1.54) is 0 Å². The minimum atomic E-state index is -0.712. The van der Waals surface area contributed by atoms with Gasteiger partial charge in [0.2, 0.25) is 11.8 Å². The number of carbonyl (C=O) groups is 2. The third-order valence-corrected chi connectivity index (χ3v) is 8.29. The first-order valence-corrected chi connectivity index (χ1v) is 13.1. The summed E-state index contributed by atoms with van der Waals surface area (Å²) in [5.41, 5.74) is 1.27. The van der Waals surface area contributed by atoms with Crippen molar-refractivity contribution in [1.82, 2.24) is 15.2 Å². The molecule has 2 heterocycles. The molecule has 6 heteroatoms. The fraction of sp³-hybridized carbons (Fsp3) is 0.464. The van der Waals surface area contributed by atoms with Gasteiger partial charge in [-0.2, -0.15) is 0 Å². The number of nitrogens with one attached hydrogen (secondary N) is 1. The van der Waals surface area contributed by atoms with Crippen molar-refractivity contribution in [3.8, 4) is 0 Å². The van der Waals surface area contributed by atoms with Gasteiger partial charge in [0, 0.05) is 31.5 Å². The normalized spacial score (nSPS) is 17.5. The summed E-state index contributed by atoms with van der Waals surface area (Å²) in [7, 11) is 0. The summed E-state index contributed by atoms with van der Waals surface area (Å²) in [6.45, 7) is 9.53. The third-order valence-electron chi connectivity index (χ3n) is 7.25. The van der Waals surface area contributed by atoms with E-state index in [4.69, 9.17) is 4.98 Å². The van der Waals surface area contributed by atoms with Crippen LogP contribution in [-0.2, 0) is 21.4 Å². The second kappa shape index (κ2) is 10.3. The number of para-hydroxylation sites is 1. The van der Waals surface area contributed by atoms with Gasteiger partial charge in [-0.25, -0.2) is 4.98 Å². The van der Waals surface area contributed by atoms with E-state index in [2.05, 4.69) is 32.2 Å². The molecule has 180 valence electrons. The van der Waals surface area contributed by atoms with Crippen LogP contribution >= 0.6 is 11.3 Å². The molecule has 0 aliphatic carbocycles. The standard InChI is InChI=1S/C28H35N3O2S/c1-19(2)20(3)29-26(32)21-14-16-31(17-15-21)27(33)28(4,22-10-6-5-7-11-22)18-25-30-23-12-8-9-13-24(23)34-25/h5-13,19-21H,14-18H2,1-4H3,(H,29,32). The molecule has 1 aliphatic heterocycles. The highest BCUT2D eigenvalue weighted by Gasteiger charge is 2.41. The second-order valence-corrected chi connectivity index (χ2v) is 11.2. The van der Waals surface area contributed by atoms with Crippen LogP contribution < -0.4 is 5.32 Å². The summed E-state index contributed by atoms with van der Waals surface area (Å²) in [6, 6.07) is 18.3. The quantitative estimate of drug-likeness (QED) is 0.509. The van der Waals surface area contributed by atoms with Crippen LogP contribution in [0.5, 0.6) is 0 Å². The maximum Gasteiger partial charge on any atom is 0.233 e. The first kappa shape index (κ1) is 24.4. The zero-order chi connectivity index (χ0) is 24.3. The summed E-state index contributed by atoms with van der Waals surface area (Å²) in [6.07, 6.45) is 1.96. The Kier molecular flexibility index (Phi) is 7.36. The molecule has 5 nitrogen and oxygen atoms in total. The fourth-order valence-electron chi connectivity index (χ4n) is 4.61. The van der Waals surface area contributed by atoms with Gasteiger partial charge < -0.3 is 10.2 Å². The Morgan fingerprint density at radius 2 is 1.71 bits per heavy atom. The summed E-state index contributed by atoms with van der Waals surface area (Å²) >= 11 is 1.66. The molecule has 1 aliphatic rings. The summed E-state index contributed by atoms with van der Waals surface area (Å²) < 4.78 is 1.14. The minimum absolute atomic E-state index is 0.0301. The van der Waals surface area contributed by atoms with Gasteiger partial charge >= 0.3 is 0 Å². The Balaban J connectivity index is 1.51. The van der Waals surface area contributed by atoms with Crippen LogP contribution in [0.15, 0.2) is 54.6 Å². The van der Waals surface area contributed by atoms with Crippen LogP contribution in [0.2, 0.25) is 0 Å². The number of nitrogens with zero attached hydrogens (tertiary/aromatic N) is 2. The molecule has 1 aromatic heterocycles. The van der Waals surface area contributed by atoms with E-state index >= 15 is 0 Å². The molecule has 0 saturated carbocycles. The Morgan fingerprint density at radius 1 is 1.06 bits per heavy atom. The van der Waals surface area contributed by atoms with Crippen molar-refractivity contribution in [1.29, 1.82) is 0 Å². The second-order valence-electron chi connectivity index (χ2n) is 10.1. The number of rotatable bonds is 7. The number of piperidine rings is 1. The molecular weight excluding hydrogens is 442 g/mol. The zero-order valence-electron chi connectivity index (χ0n) is 20.6. The number of likely N-dealkylation sites (tertiary alicyclic amines) is 1. The summed E-state index contributed by atoms with van der Waals surface area (Å²) in [5, 5.41) is 4.12. The Morgan fingerprint density at radius 3 is 2.35 bits per heavy atom. The molecule has 2 amide bonds. The maximum atomic E-state index is 14.0. The van der Waals surface area contributed by atoms with Crippen LogP contribution in [0.3, 0.4) is 0 Å². The van der Waals surface area contributed by atoms with Crippen LogP contribution in [0.1, 0.15) is 51.1 Å². The molecule has 2 unspecified atom stereocenters. The smallest absolute Gasteiger partial charge is 0.233 e. The van der Waals surface area contributed by atoms with Crippen LogP contribution in [-0.4, -0.2) is 40.8 Å². The highest BCUT2D eigenvalue weighted by atomic mass is 32.1. The molecule has 1 fully saturated rings. The summed E-state index contributed by atoms with van der Waals surface area (Å²) in [4.78, 5) is 33.5. The van der Waals surface area contributed by atoms with Gasteiger partial charge in [0.1, 0.15) is 0 Å². The molecule has 2 aromatic carbocycles. The molecule has 0 bridgehead atoms. The number of carbonyl (C=O) groups excluding carboxylic acids is 2. The molecule has 0 spiro atoms. The number of fused-ring (bicyclic) bond motifs is 1. The van der Waals surface area contributed by atoms with Crippen molar-refractivity contribution >= 4 is 33.4 Å². The van der Waals surface area contributed by atoms with Crippen molar-refractivity contribution in [3.05, 3.63) is 65.2 Å². The molecule has 0 radical (unpaired) electrons. The van der Waals surface area contributed by atoms with Crippen LogP contribution in [0.4, 0.5) is 0 Å². The van der Waals surface area contributed by atoms with Crippen LogP contribution in [0, 0.1) is 11.8 Å². The van der Waals surface area contributed by atoms with Crippen LogP contribution in [0.25, 0.3) is 10.2 Å². The Labute approximate surface area is 206 Å². The lowest BCUT2D eigenvalue weighted by Gasteiger charge is -2.38. The Hall–Kier alpha value is -2.73. The van der Waals surface area contributed by atoms with Crippen molar-refractivity contribution in [3.63, 3.8) is 0 Å². The lowest BCUT2D eigenvalue weighted by atomic mass is 9.77. The van der Waals surface area contributed by atoms with Gasteiger partial charge in [0.25, 0.3) is 0 Å². The average Bonchev–Trinajstić information content (AvgIpc) is 3.26. The summed E-state index contributed by atoms with van der Waals surface area (Å²) in [5.74, 6) is 0.609. The first-order valence-electron chi connectivity index (χ1n) is 12.3. The van der Waals surface area contributed by atoms with Crippen molar-refractivity contribution in [2.45, 2.75) is 58.4 Å². The van der Waals surface area contributed by atoms with Crippen molar-refractivity contribution < 1.29 is 9.59 Å². The number of hydrogen-bond acceptors (Lipinski definition) is 4. The lowest BCUT2D eigenvalue weighted by molar-refractivity contribution is -0.140. The number of amides is 2. The topological polar surface area (TPSA) is 62.3 Å². The van der Waals surface area contributed by atoms with E-state index in [9.17, 15) is 9.59 Å². The SMILES string of the molecule is CC(C)C(C)NC(=O)C1CCN(C(=O)C(C)(Cc2nc3ccccc3s2)c2ccccc2)CC1. The van der Waals surface area contributed by atoms with Gasteiger partial charge in [0.05, 0.1) is 20.6 Å². The Bertz CT molecular complexity index is 1100. The zero-order valence-corrected chi connectivity index (χ0v) is 21.4. The highest BCUT2D eigenvalue weighted by molar-refractivity contribution is 7.18. The molecule has 3 aromatic rings. The lowest BCUT2D eigenvalue weighted by Crippen LogP contribution is -2.51.